The third-order valence-electron chi connectivity index (χ3n) is 6.87. The van der Waals surface area contributed by atoms with Crippen molar-refractivity contribution in [2.45, 2.75) is 44.8 Å². The molecular weight excluding hydrogens is 408 g/mol. The lowest BCUT2D eigenvalue weighted by molar-refractivity contribution is -0.991. The summed E-state index contributed by atoms with van der Waals surface area (Å²) in [7, 11) is 0. The Kier molecular flexibility index (Phi) is 5.00. The van der Waals surface area contributed by atoms with Crippen LogP contribution in [0.15, 0.2) is 48.5 Å². The number of fused-ring (bicyclic) bond motifs is 4. The largest absolute Gasteiger partial charge is 0.595 e. The summed E-state index contributed by atoms with van der Waals surface area (Å²) in [5.74, 6) is -0.167. The first-order valence-electron chi connectivity index (χ1n) is 10.9. The first-order chi connectivity index (χ1) is 15.4. The Morgan fingerprint density at radius 1 is 1.22 bits per heavy atom. The average molecular weight is 434 g/mol. The normalized spacial score (nSPS) is 22.6. The number of nitrogens with one attached hydrogen (secondary N) is 2. The first kappa shape index (κ1) is 20.7. The van der Waals surface area contributed by atoms with E-state index in [2.05, 4.69) is 4.98 Å². The van der Waals surface area contributed by atoms with Crippen LogP contribution in [0.4, 0.5) is 5.69 Å². The van der Waals surface area contributed by atoms with E-state index in [0.717, 1.165) is 28.6 Å². The molecule has 3 aromatic rings. The lowest BCUT2D eigenvalue weighted by Crippen LogP contribution is -2.99. The molecule has 5 rings (SSSR count). The zero-order valence-electron chi connectivity index (χ0n) is 18.0. The molecule has 32 heavy (non-hydrogen) atoms. The fraction of sp³-hybridized carbons (Fsp3) is 0.333. The third kappa shape index (κ3) is 3.10. The van der Waals surface area contributed by atoms with Crippen molar-refractivity contribution >= 4 is 28.4 Å². The van der Waals surface area contributed by atoms with Gasteiger partial charge in [0.15, 0.2) is 5.69 Å². The number of quaternary nitrogens is 1. The van der Waals surface area contributed by atoms with Crippen molar-refractivity contribution in [3.05, 3.63) is 70.6 Å². The summed E-state index contributed by atoms with van der Waals surface area (Å²) in [5, 5.41) is 21.1. The number of carbonyl (C=O) groups excluding carboxylic acids is 2. The molecule has 1 aromatic heterocycles. The minimum absolute atomic E-state index is 0.0215. The van der Waals surface area contributed by atoms with Crippen LogP contribution in [0.2, 0.25) is 0 Å². The topological polar surface area (TPSA) is 104 Å². The van der Waals surface area contributed by atoms with Crippen molar-refractivity contribution in [1.82, 2.24) is 14.8 Å². The van der Waals surface area contributed by atoms with Crippen LogP contribution in [0.5, 0.6) is 0 Å². The van der Waals surface area contributed by atoms with Gasteiger partial charge in [0.25, 0.3) is 0 Å². The van der Waals surface area contributed by atoms with Crippen molar-refractivity contribution < 1.29 is 20.0 Å². The molecule has 0 bridgehead atoms. The zero-order valence-corrected chi connectivity index (χ0v) is 18.0. The van der Waals surface area contributed by atoms with Crippen LogP contribution in [0.25, 0.3) is 10.9 Å². The van der Waals surface area contributed by atoms with E-state index in [9.17, 15) is 20.0 Å². The van der Waals surface area contributed by atoms with Crippen LogP contribution >= 0.6 is 0 Å². The van der Waals surface area contributed by atoms with Gasteiger partial charge in [-0.15, -0.1) is 0 Å². The minimum Gasteiger partial charge on any atom is -0.595 e. The standard InChI is InChI=1S/C24H26N4O4/c1-3-14(2)26-13-21(29)27-20(24(26)30)12-18-17-9-4-5-10-19(17)25-22(18)23(27)15-7-6-8-16(11-15)28(31)32/h4-11,14,20,23,25,28,31H,3,12-13H2,1-2H3/t14?,20-,23?/m0/s1. The van der Waals surface area contributed by atoms with Gasteiger partial charge in [0.2, 0.25) is 11.8 Å². The second-order valence-corrected chi connectivity index (χ2v) is 8.64. The zero-order chi connectivity index (χ0) is 22.6. The molecule has 4 atom stereocenters. The number of para-hydroxylation sites is 1. The molecule has 8 heteroatoms. The first-order valence-corrected chi connectivity index (χ1v) is 10.9. The Bertz CT molecular complexity index is 1200. The molecule has 2 aliphatic rings. The van der Waals surface area contributed by atoms with Gasteiger partial charge in [-0.1, -0.05) is 37.3 Å². The van der Waals surface area contributed by atoms with Crippen molar-refractivity contribution in [3.8, 4) is 0 Å². The lowest BCUT2D eigenvalue weighted by atomic mass is 9.85. The predicted molar refractivity (Wildman–Crippen MR) is 118 cm³/mol. The number of aromatic amines is 1. The quantitative estimate of drug-likeness (QED) is 0.547. The highest BCUT2D eigenvalue weighted by molar-refractivity contribution is 5.97. The van der Waals surface area contributed by atoms with Gasteiger partial charge in [0.1, 0.15) is 12.6 Å². The summed E-state index contributed by atoms with van der Waals surface area (Å²) in [5.41, 5.74) is 3.64. The van der Waals surface area contributed by atoms with Gasteiger partial charge in [0.05, 0.1) is 6.04 Å². The Morgan fingerprint density at radius 2 is 2.00 bits per heavy atom. The second kappa shape index (κ2) is 7.74. The predicted octanol–water partition coefficient (Wildman–Crippen LogP) is 2.05. The van der Waals surface area contributed by atoms with Gasteiger partial charge in [-0.2, -0.15) is 5.23 Å². The summed E-state index contributed by atoms with van der Waals surface area (Å²) in [4.78, 5) is 33.8. The van der Waals surface area contributed by atoms with Gasteiger partial charge >= 0.3 is 0 Å². The van der Waals surface area contributed by atoms with Crippen LogP contribution in [-0.4, -0.2) is 50.4 Å². The van der Waals surface area contributed by atoms with Crippen molar-refractivity contribution in [1.29, 1.82) is 0 Å². The summed E-state index contributed by atoms with van der Waals surface area (Å²) in [6.07, 6.45) is 1.21. The second-order valence-electron chi connectivity index (χ2n) is 8.64. The fourth-order valence-electron chi connectivity index (χ4n) is 5.07. The molecule has 2 amide bonds. The maximum Gasteiger partial charge on any atom is 0.246 e. The fourth-order valence-corrected chi connectivity index (χ4v) is 5.07. The summed E-state index contributed by atoms with van der Waals surface area (Å²) in [6, 6.07) is 13.4. The van der Waals surface area contributed by atoms with Crippen molar-refractivity contribution in [2.75, 3.05) is 6.54 Å². The Labute approximate surface area is 185 Å². The van der Waals surface area contributed by atoms with E-state index in [1.54, 1.807) is 21.9 Å². The number of benzene rings is 2. The molecule has 2 aliphatic heterocycles. The molecule has 1 saturated heterocycles. The van der Waals surface area contributed by atoms with E-state index in [1.807, 2.05) is 44.2 Å². The van der Waals surface area contributed by atoms with Crippen LogP contribution < -0.4 is 5.23 Å². The SMILES string of the molecule is CCC(C)N1CC(=O)N2C(c3cccc([NH+]([O-])O)c3)c3[nH]c4ccccc4c3C[C@H]2C1=O. The van der Waals surface area contributed by atoms with Crippen LogP contribution in [0.3, 0.4) is 0 Å². The Morgan fingerprint density at radius 3 is 2.75 bits per heavy atom. The molecule has 0 radical (unpaired) electrons. The number of amides is 2. The number of aromatic nitrogens is 1. The molecular formula is C24H26N4O4. The van der Waals surface area contributed by atoms with E-state index in [-0.39, 0.29) is 30.1 Å². The number of rotatable bonds is 4. The van der Waals surface area contributed by atoms with E-state index < -0.39 is 17.3 Å². The van der Waals surface area contributed by atoms with Crippen molar-refractivity contribution in [3.63, 3.8) is 0 Å². The van der Waals surface area contributed by atoms with Crippen LogP contribution in [-0.2, 0) is 16.0 Å². The Hall–Kier alpha value is -3.20. The summed E-state index contributed by atoms with van der Waals surface area (Å²) in [6.45, 7) is 4.01. The van der Waals surface area contributed by atoms with Crippen LogP contribution in [0.1, 0.15) is 43.1 Å². The molecule has 166 valence electrons. The van der Waals surface area contributed by atoms with E-state index in [4.69, 9.17) is 0 Å². The third-order valence-corrected chi connectivity index (χ3v) is 6.87. The van der Waals surface area contributed by atoms with E-state index in [1.165, 1.54) is 6.07 Å². The van der Waals surface area contributed by atoms with Crippen LogP contribution in [0, 0.1) is 5.21 Å². The van der Waals surface area contributed by atoms with E-state index in [0.29, 0.717) is 12.0 Å². The monoisotopic (exact) mass is 434 g/mol. The smallest absolute Gasteiger partial charge is 0.246 e. The van der Waals surface area contributed by atoms with Gasteiger partial charge in [-0.05, 0) is 30.5 Å². The number of nitrogens with zero attached hydrogens (tertiary/aromatic N) is 2. The molecule has 3 N–H and O–H groups in total. The minimum atomic E-state index is -1.03. The number of piperazine rings is 1. The molecule has 1 fully saturated rings. The van der Waals surface area contributed by atoms with Gasteiger partial charge in [-0.25, -0.2) is 5.21 Å². The van der Waals surface area contributed by atoms with Gasteiger partial charge in [-0.3, -0.25) is 9.59 Å². The molecule has 3 unspecified atom stereocenters. The number of H-pyrrole nitrogens is 1. The maximum absolute atomic E-state index is 13.6. The molecule has 0 spiro atoms. The van der Waals surface area contributed by atoms with Gasteiger partial charge in [0, 0.05) is 41.2 Å². The molecule has 3 heterocycles. The number of hydrogen-bond donors (Lipinski definition) is 3. The molecule has 8 nitrogen and oxygen atoms in total. The highest BCUT2D eigenvalue weighted by atomic mass is 16.8. The number of hydrogen-bond acceptors (Lipinski definition) is 4. The summed E-state index contributed by atoms with van der Waals surface area (Å²) >= 11 is 0. The maximum atomic E-state index is 13.6. The average Bonchev–Trinajstić information content (AvgIpc) is 3.18. The van der Waals surface area contributed by atoms with Gasteiger partial charge < -0.3 is 20.0 Å². The Balaban J connectivity index is 1.70. The lowest BCUT2D eigenvalue weighted by Gasteiger charge is -2.48. The molecule has 2 aromatic carbocycles. The van der Waals surface area contributed by atoms with Crippen molar-refractivity contribution in [2.24, 2.45) is 0 Å². The molecule has 0 aliphatic carbocycles. The molecule has 0 saturated carbocycles. The summed E-state index contributed by atoms with van der Waals surface area (Å²) < 4.78 is 0. The van der Waals surface area contributed by atoms with E-state index >= 15 is 0 Å². The highest BCUT2D eigenvalue weighted by Crippen LogP contribution is 2.43. The highest BCUT2D eigenvalue weighted by Gasteiger charge is 2.48. The number of carbonyl (C=O) groups is 2.